The Bertz CT molecular complexity index is 238. The van der Waals surface area contributed by atoms with Gasteiger partial charge in [0.2, 0.25) is 0 Å². The van der Waals surface area contributed by atoms with Crippen molar-refractivity contribution >= 4 is 15.9 Å². The van der Waals surface area contributed by atoms with E-state index in [4.69, 9.17) is 4.74 Å². The molecule has 1 heterocycles. The predicted molar refractivity (Wildman–Crippen MR) is 80.0 cm³/mol. The van der Waals surface area contributed by atoms with Crippen molar-refractivity contribution in [2.75, 3.05) is 11.9 Å². The van der Waals surface area contributed by atoms with E-state index in [0.717, 1.165) is 31.2 Å². The topological polar surface area (TPSA) is 35.5 Å². The molecule has 0 aliphatic carbocycles. The molecule has 0 N–H and O–H groups in total. The van der Waals surface area contributed by atoms with E-state index < -0.39 is 0 Å². The molecule has 1 aliphatic rings. The van der Waals surface area contributed by atoms with Gasteiger partial charge in [0, 0.05) is 23.0 Å². The summed E-state index contributed by atoms with van der Waals surface area (Å²) in [5.41, 5.74) is -0.634. The van der Waals surface area contributed by atoms with Gasteiger partial charge in [-0.05, 0) is 53.4 Å². The number of hydrogen-bond acceptors (Lipinski definition) is 3. The van der Waals surface area contributed by atoms with Crippen molar-refractivity contribution in [1.82, 2.24) is 5.06 Å². The largest absolute Gasteiger partial charge is 0.784 e. The van der Waals surface area contributed by atoms with Gasteiger partial charge in [-0.3, -0.25) is 0 Å². The molecular formula is C14H27BrNO2-. The highest BCUT2D eigenvalue weighted by molar-refractivity contribution is 9.09. The molecule has 0 spiro atoms. The summed E-state index contributed by atoms with van der Waals surface area (Å²) in [6, 6.07) is 0. The molecular weight excluding hydrogens is 294 g/mol. The molecule has 0 saturated carbocycles. The maximum atomic E-state index is 12.2. The fourth-order valence-electron chi connectivity index (χ4n) is 2.91. The number of halogens is 1. The molecule has 0 aromatic carbocycles. The molecule has 0 aromatic heterocycles. The Kier molecular flexibility index (Phi) is 6.10. The summed E-state index contributed by atoms with van der Waals surface area (Å²) in [6.07, 6.45) is 5.42. The third-order valence-corrected chi connectivity index (χ3v) is 4.25. The second-order valence-electron chi connectivity index (χ2n) is 6.57. The van der Waals surface area contributed by atoms with Crippen LogP contribution in [0.1, 0.15) is 59.8 Å². The molecule has 0 amide bonds. The number of hydroxylamine groups is 2. The van der Waals surface area contributed by atoms with Gasteiger partial charge in [0.25, 0.3) is 0 Å². The van der Waals surface area contributed by atoms with Crippen molar-refractivity contribution in [2.45, 2.75) is 77.0 Å². The van der Waals surface area contributed by atoms with Crippen molar-refractivity contribution in [1.29, 1.82) is 0 Å². The van der Waals surface area contributed by atoms with E-state index >= 15 is 0 Å². The SMILES string of the molecule is CC1(C)CC(OCCCCCBr)CC(C)(C)N1[O-]. The van der Waals surface area contributed by atoms with Gasteiger partial charge >= 0.3 is 0 Å². The Morgan fingerprint density at radius 3 is 2.17 bits per heavy atom. The molecule has 3 nitrogen and oxygen atoms in total. The standard InChI is InChI=1S/C14H27BrNO2/c1-13(2)10-12(11-14(3,4)16(13)17)18-9-7-5-6-8-15/h12H,5-11H2,1-4H3/q-1. The maximum absolute atomic E-state index is 12.2. The molecule has 4 heteroatoms. The molecule has 1 rings (SSSR count). The number of unbranched alkanes of at least 4 members (excludes halogenated alkanes) is 2. The highest BCUT2D eigenvalue weighted by Gasteiger charge is 2.40. The molecule has 0 atom stereocenters. The summed E-state index contributed by atoms with van der Waals surface area (Å²) in [4.78, 5) is 0. The van der Waals surface area contributed by atoms with Gasteiger partial charge in [0.1, 0.15) is 0 Å². The Balaban J connectivity index is 2.39. The van der Waals surface area contributed by atoms with E-state index in [1.807, 2.05) is 27.7 Å². The van der Waals surface area contributed by atoms with Crippen LogP contribution in [-0.2, 0) is 4.74 Å². The van der Waals surface area contributed by atoms with Crippen LogP contribution in [-0.4, -0.2) is 34.2 Å². The first-order chi connectivity index (χ1) is 8.29. The lowest BCUT2D eigenvalue weighted by atomic mass is 9.80. The van der Waals surface area contributed by atoms with Gasteiger partial charge in [-0.15, -0.1) is 0 Å². The Morgan fingerprint density at radius 1 is 1.11 bits per heavy atom. The van der Waals surface area contributed by atoms with Crippen LogP contribution in [0.4, 0.5) is 0 Å². The average Bonchev–Trinajstić information content (AvgIpc) is 2.25. The van der Waals surface area contributed by atoms with E-state index in [1.165, 1.54) is 17.9 Å². The summed E-state index contributed by atoms with van der Waals surface area (Å²) < 4.78 is 5.97. The Hall–Kier alpha value is 0.360. The predicted octanol–water partition coefficient (Wildman–Crippen LogP) is 4.09. The third kappa shape index (κ3) is 4.48. The lowest BCUT2D eigenvalue weighted by molar-refractivity contribution is -0.0813. The molecule has 0 unspecified atom stereocenters. The molecule has 1 aliphatic heterocycles. The molecule has 1 saturated heterocycles. The molecule has 0 bridgehead atoms. The van der Waals surface area contributed by atoms with Crippen LogP contribution >= 0.6 is 15.9 Å². The van der Waals surface area contributed by atoms with Crippen molar-refractivity contribution in [3.8, 4) is 0 Å². The number of alkyl halides is 1. The van der Waals surface area contributed by atoms with Crippen LogP contribution in [0, 0.1) is 5.21 Å². The third-order valence-electron chi connectivity index (χ3n) is 3.69. The van der Waals surface area contributed by atoms with Crippen LogP contribution in [0.15, 0.2) is 0 Å². The Morgan fingerprint density at radius 2 is 1.67 bits per heavy atom. The Labute approximate surface area is 120 Å². The van der Waals surface area contributed by atoms with Crippen LogP contribution in [0.3, 0.4) is 0 Å². The molecule has 1 fully saturated rings. The van der Waals surface area contributed by atoms with E-state index in [9.17, 15) is 5.21 Å². The normalized spacial score (nSPS) is 24.3. The number of piperidine rings is 1. The average molecular weight is 321 g/mol. The summed E-state index contributed by atoms with van der Waals surface area (Å²) in [7, 11) is 0. The second kappa shape index (κ2) is 6.69. The van der Waals surface area contributed by atoms with E-state index in [0.29, 0.717) is 0 Å². The van der Waals surface area contributed by atoms with Crippen LogP contribution in [0.25, 0.3) is 0 Å². The second-order valence-corrected chi connectivity index (χ2v) is 7.36. The highest BCUT2D eigenvalue weighted by atomic mass is 79.9. The number of ether oxygens (including phenoxy) is 1. The quantitative estimate of drug-likeness (QED) is 0.546. The molecule has 0 radical (unpaired) electrons. The van der Waals surface area contributed by atoms with Gasteiger partial charge in [-0.25, -0.2) is 0 Å². The fourth-order valence-corrected chi connectivity index (χ4v) is 3.31. The van der Waals surface area contributed by atoms with Gasteiger partial charge < -0.3 is 15.0 Å². The summed E-state index contributed by atoms with van der Waals surface area (Å²) in [6.45, 7) is 8.89. The van der Waals surface area contributed by atoms with Gasteiger partial charge in [-0.1, -0.05) is 22.4 Å². The zero-order chi connectivity index (χ0) is 13.8. The first-order valence-electron chi connectivity index (χ1n) is 6.95. The minimum atomic E-state index is -0.317. The summed E-state index contributed by atoms with van der Waals surface area (Å²) >= 11 is 3.43. The minimum Gasteiger partial charge on any atom is -0.784 e. The summed E-state index contributed by atoms with van der Waals surface area (Å²) in [5.74, 6) is 0. The van der Waals surface area contributed by atoms with E-state index in [1.54, 1.807) is 0 Å². The number of rotatable bonds is 6. The maximum Gasteiger partial charge on any atom is 0.0609 e. The van der Waals surface area contributed by atoms with Crippen LogP contribution < -0.4 is 0 Å². The minimum absolute atomic E-state index is 0.226. The monoisotopic (exact) mass is 320 g/mol. The van der Waals surface area contributed by atoms with Gasteiger partial charge in [0.05, 0.1) is 6.10 Å². The van der Waals surface area contributed by atoms with Gasteiger partial charge in [0.15, 0.2) is 0 Å². The first-order valence-corrected chi connectivity index (χ1v) is 8.07. The van der Waals surface area contributed by atoms with E-state index in [-0.39, 0.29) is 17.2 Å². The highest BCUT2D eigenvalue weighted by Crippen LogP contribution is 2.38. The number of hydrogen-bond donors (Lipinski definition) is 0. The van der Waals surface area contributed by atoms with Crippen molar-refractivity contribution in [2.24, 2.45) is 0 Å². The lowest BCUT2D eigenvalue weighted by Gasteiger charge is -2.59. The molecule has 0 aromatic rings. The van der Waals surface area contributed by atoms with E-state index in [2.05, 4.69) is 15.9 Å². The molecule has 108 valence electrons. The summed E-state index contributed by atoms with van der Waals surface area (Å²) in [5, 5.41) is 14.5. The smallest absolute Gasteiger partial charge is 0.0609 e. The first kappa shape index (κ1) is 16.4. The van der Waals surface area contributed by atoms with Crippen LogP contribution in [0.5, 0.6) is 0 Å². The zero-order valence-electron chi connectivity index (χ0n) is 12.2. The fraction of sp³-hybridized carbons (Fsp3) is 1.00. The van der Waals surface area contributed by atoms with Crippen molar-refractivity contribution in [3.63, 3.8) is 0 Å². The zero-order valence-corrected chi connectivity index (χ0v) is 13.8. The van der Waals surface area contributed by atoms with Gasteiger partial charge in [-0.2, -0.15) is 0 Å². The van der Waals surface area contributed by atoms with Crippen LogP contribution in [0.2, 0.25) is 0 Å². The van der Waals surface area contributed by atoms with Crippen molar-refractivity contribution < 1.29 is 4.74 Å². The molecule has 18 heavy (non-hydrogen) atoms. The number of nitrogens with zero attached hydrogens (tertiary/aromatic N) is 1. The van der Waals surface area contributed by atoms with Crippen molar-refractivity contribution in [3.05, 3.63) is 5.21 Å². The lowest BCUT2D eigenvalue weighted by Crippen LogP contribution is -2.59.